The van der Waals surface area contributed by atoms with E-state index in [1.807, 2.05) is 43.3 Å². The van der Waals surface area contributed by atoms with Crippen LogP contribution in [-0.2, 0) is 17.8 Å². The molecule has 0 fully saturated rings. The van der Waals surface area contributed by atoms with Crippen molar-refractivity contribution < 1.29 is 14.3 Å². The smallest absolute Gasteiger partial charge is 0.220 e. The maximum atomic E-state index is 12.2. The highest BCUT2D eigenvalue weighted by Crippen LogP contribution is 2.31. The van der Waals surface area contributed by atoms with Crippen LogP contribution in [-0.4, -0.2) is 35.2 Å². The van der Waals surface area contributed by atoms with Crippen molar-refractivity contribution in [2.45, 2.75) is 26.3 Å². The predicted molar refractivity (Wildman–Crippen MR) is 103 cm³/mol. The molecule has 0 saturated carbocycles. The van der Waals surface area contributed by atoms with Gasteiger partial charge >= 0.3 is 0 Å². The highest BCUT2D eigenvalue weighted by molar-refractivity contribution is 5.77. The minimum atomic E-state index is 0.0481. The summed E-state index contributed by atoms with van der Waals surface area (Å²) in [4.78, 5) is 16.7. The van der Waals surface area contributed by atoms with E-state index < -0.39 is 0 Å². The number of amides is 1. The van der Waals surface area contributed by atoms with Crippen molar-refractivity contribution in [3.63, 3.8) is 0 Å². The van der Waals surface area contributed by atoms with Crippen LogP contribution in [0.4, 0.5) is 0 Å². The van der Waals surface area contributed by atoms with E-state index >= 15 is 0 Å². The van der Waals surface area contributed by atoms with E-state index in [2.05, 4.69) is 20.9 Å². The molecule has 0 aliphatic carbocycles. The van der Waals surface area contributed by atoms with Crippen LogP contribution in [0.15, 0.2) is 42.5 Å². The van der Waals surface area contributed by atoms with Gasteiger partial charge in [-0.3, -0.25) is 4.79 Å². The van der Waals surface area contributed by atoms with Gasteiger partial charge in [-0.1, -0.05) is 18.2 Å². The molecule has 0 bridgehead atoms. The number of aryl methyl sites for hydroxylation is 2. The fraction of sp³-hybridized carbons (Fsp3) is 0.333. The first-order valence-electron chi connectivity index (χ1n) is 9.28. The lowest BCUT2D eigenvalue weighted by molar-refractivity contribution is -0.121. The third-order valence-electron chi connectivity index (χ3n) is 4.75. The monoisotopic (exact) mass is 365 g/mol. The van der Waals surface area contributed by atoms with Gasteiger partial charge in [-0.15, -0.1) is 0 Å². The number of aromatic nitrogens is 2. The maximum Gasteiger partial charge on any atom is 0.220 e. The topological polar surface area (TPSA) is 65.4 Å². The summed E-state index contributed by atoms with van der Waals surface area (Å²) >= 11 is 0. The van der Waals surface area contributed by atoms with Gasteiger partial charge in [0.25, 0.3) is 0 Å². The van der Waals surface area contributed by atoms with Gasteiger partial charge < -0.3 is 19.4 Å². The molecule has 0 atom stereocenters. The molecule has 3 aromatic rings. The first-order chi connectivity index (χ1) is 13.2. The van der Waals surface area contributed by atoms with E-state index in [1.165, 1.54) is 0 Å². The standard InChI is InChI=1S/C21H23N3O3/c1-15-23-17-4-2-3-5-18(17)24(15)11-10-22-21(25)9-7-16-6-8-19-20(14-16)27-13-12-26-19/h2-6,8,14H,7,9-13H2,1H3,(H,22,25). The molecule has 1 amide bonds. The average molecular weight is 365 g/mol. The van der Waals surface area contributed by atoms with Crippen molar-refractivity contribution in [1.29, 1.82) is 0 Å². The number of hydrogen-bond donors (Lipinski definition) is 1. The molecular formula is C21H23N3O3. The zero-order chi connectivity index (χ0) is 18.6. The number of hydrogen-bond acceptors (Lipinski definition) is 4. The summed E-state index contributed by atoms with van der Waals surface area (Å²) in [5.41, 5.74) is 3.16. The number of para-hydroxylation sites is 2. The van der Waals surface area contributed by atoms with E-state index in [0.717, 1.165) is 33.9 Å². The SMILES string of the molecule is Cc1nc2ccccc2n1CCNC(=O)CCc1ccc2c(c1)OCCO2. The Morgan fingerprint density at radius 1 is 1.15 bits per heavy atom. The van der Waals surface area contributed by atoms with Crippen LogP contribution in [0, 0.1) is 6.92 Å². The Kier molecular flexibility index (Phi) is 4.96. The van der Waals surface area contributed by atoms with Crippen molar-refractivity contribution in [3.05, 3.63) is 53.9 Å². The van der Waals surface area contributed by atoms with E-state index in [4.69, 9.17) is 9.47 Å². The largest absolute Gasteiger partial charge is 0.486 e. The van der Waals surface area contributed by atoms with Crippen molar-refractivity contribution in [2.75, 3.05) is 19.8 Å². The number of ether oxygens (including phenoxy) is 2. The molecule has 0 saturated heterocycles. The quantitative estimate of drug-likeness (QED) is 0.729. The van der Waals surface area contributed by atoms with E-state index in [1.54, 1.807) is 0 Å². The van der Waals surface area contributed by atoms with Gasteiger partial charge in [-0.25, -0.2) is 4.98 Å². The summed E-state index contributed by atoms with van der Waals surface area (Å²) in [5.74, 6) is 2.55. The van der Waals surface area contributed by atoms with Crippen LogP contribution >= 0.6 is 0 Å². The second-order valence-corrected chi connectivity index (χ2v) is 6.63. The Morgan fingerprint density at radius 2 is 1.96 bits per heavy atom. The molecule has 1 aromatic heterocycles. The molecular weight excluding hydrogens is 342 g/mol. The number of imidazole rings is 1. The Hall–Kier alpha value is -3.02. The molecule has 27 heavy (non-hydrogen) atoms. The van der Waals surface area contributed by atoms with Gasteiger partial charge in [0.1, 0.15) is 19.0 Å². The summed E-state index contributed by atoms with van der Waals surface area (Å²) in [6.45, 7) is 4.44. The maximum absolute atomic E-state index is 12.2. The second-order valence-electron chi connectivity index (χ2n) is 6.63. The van der Waals surface area contributed by atoms with Crippen molar-refractivity contribution in [2.24, 2.45) is 0 Å². The first-order valence-corrected chi connectivity index (χ1v) is 9.28. The molecule has 6 nitrogen and oxygen atoms in total. The summed E-state index contributed by atoms with van der Waals surface area (Å²) in [7, 11) is 0. The number of nitrogens with zero attached hydrogens (tertiary/aromatic N) is 2. The second kappa shape index (κ2) is 7.70. The van der Waals surface area contributed by atoms with Crippen molar-refractivity contribution >= 4 is 16.9 Å². The first kappa shape index (κ1) is 17.4. The molecule has 2 heterocycles. The lowest BCUT2D eigenvalue weighted by atomic mass is 10.1. The molecule has 6 heteroatoms. The lowest BCUT2D eigenvalue weighted by Gasteiger charge is -2.18. The third-order valence-corrected chi connectivity index (χ3v) is 4.75. The van der Waals surface area contributed by atoms with Crippen LogP contribution in [0.1, 0.15) is 17.8 Å². The lowest BCUT2D eigenvalue weighted by Crippen LogP contribution is -2.27. The van der Waals surface area contributed by atoms with Gasteiger partial charge in [0.2, 0.25) is 5.91 Å². The Balaban J connectivity index is 1.28. The molecule has 2 aromatic carbocycles. The Labute approximate surface area is 158 Å². The highest BCUT2D eigenvalue weighted by atomic mass is 16.6. The van der Waals surface area contributed by atoms with Crippen molar-refractivity contribution in [1.82, 2.24) is 14.9 Å². The number of carbonyl (C=O) groups is 1. The molecule has 0 spiro atoms. The minimum Gasteiger partial charge on any atom is -0.486 e. The fourth-order valence-electron chi connectivity index (χ4n) is 3.37. The fourth-order valence-corrected chi connectivity index (χ4v) is 3.37. The summed E-state index contributed by atoms with van der Waals surface area (Å²) in [6, 6.07) is 13.9. The number of rotatable bonds is 6. The van der Waals surface area contributed by atoms with Gasteiger partial charge in [0.05, 0.1) is 11.0 Å². The van der Waals surface area contributed by atoms with E-state index in [9.17, 15) is 4.79 Å². The number of nitrogens with one attached hydrogen (secondary N) is 1. The van der Waals surface area contributed by atoms with Crippen LogP contribution in [0.5, 0.6) is 11.5 Å². The van der Waals surface area contributed by atoms with Crippen LogP contribution in [0.3, 0.4) is 0 Å². The summed E-state index contributed by atoms with van der Waals surface area (Å²) in [6.07, 6.45) is 1.12. The number of carbonyl (C=O) groups excluding carboxylic acids is 1. The Morgan fingerprint density at radius 3 is 2.85 bits per heavy atom. The normalized spacial score (nSPS) is 12.9. The highest BCUT2D eigenvalue weighted by Gasteiger charge is 2.12. The summed E-state index contributed by atoms with van der Waals surface area (Å²) < 4.78 is 13.2. The van der Waals surface area contributed by atoms with Crippen LogP contribution in [0.25, 0.3) is 11.0 Å². The predicted octanol–water partition coefficient (Wildman–Crippen LogP) is 2.86. The summed E-state index contributed by atoms with van der Waals surface area (Å²) in [5, 5.41) is 3.00. The van der Waals surface area contributed by atoms with Gasteiger partial charge in [-0.05, 0) is 43.2 Å². The van der Waals surface area contributed by atoms with Gasteiger partial charge in [0, 0.05) is 19.5 Å². The zero-order valence-corrected chi connectivity index (χ0v) is 15.4. The van der Waals surface area contributed by atoms with Crippen LogP contribution < -0.4 is 14.8 Å². The van der Waals surface area contributed by atoms with Gasteiger partial charge in [0.15, 0.2) is 11.5 Å². The minimum absolute atomic E-state index is 0.0481. The number of fused-ring (bicyclic) bond motifs is 2. The number of benzene rings is 2. The Bertz CT molecular complexity index is 964. The van der Waals surface area contributed by atoms with E-state index in [0.29, 0.717) is 39.1 Å². The molecule has 0 radical (unpaired) electrons. The third kappa shape index (κ3) is 3.89. The molecule has 0 unspecified atom stereocenters. The van der Waals surface area contributed by atoms with E-state index in [-0.39, 0.29) is 5.91 Å². The molecule has 1 aliphatic rings. The van der Waals surface area contributed by atoms with Gasteiger partial charge in [-0.2, -0.15) is 0 Å². The molecule has 140 valence electrons. The van der Waals surface area contributed by atoms with Crippen molar-refractivity contribution in [3.8, 4) is 11.5 Å². The van der Waals surface area contributed by atoms with Crippen LogP contribution in [0.2, 0.25) is 0 Å². The zero-order valence-electron chi connectivity index (χ0n) is 15.4. The average Bonchev–Trinajstić information content (AvgIpc) is 3.01. The molecule has 1 N–H and O–H groups in total. The molecule has 1 aliphatic heterocycles. The molecule has 4 rings (SSSR count).